The molecular formula is C41H39N5O7. The van der Waals surface area contributed by atoms with Crippen LogP contribution in [0.25, 0.3) is 11.4 Å². The smallest absolute Gasteiger partial charge is 0.287 e. The van der Waals surface area contributed by atoms with Crippen molar-refractivity contribution in [3.63, 3.8) is 0 Å². The van der Waals surface area contributed by atoms with Crippen LogP contribution in [0.15, 0.2) is 146 Å². The minimum Gasteiger partial charge on any atom is -0.374 e. The molecule has 0 N–H and O–H groups in total. The normalized spacial score (nSPS) is 19.9. The van der Waals surface area contributed by atoms with E-state index in [2.05, 4.69) is 15.3 Å². The lowest BCUT2D eigenvalue weighted by Crippen LogP contribution is -2.59. The number of ether oxygens (including phenoxy) is 5. The minimum absolute atomic E-state index is 0.121. The lowest BCUT2D eigenvalue weighted by molar-refractivity contribution is -0.385. The van der Waals surface area contributed by atoms with Crippen LogP contribution >= 0.6 is 0 Å². The van der Waals surface area contributed by atoms with Crippen molar-refractivity contribution in [3.05, 3.63) is 178 Å². The molecule has 1 fully saturated rings. The molecule has 12 nitrogen and oxygen atoms in total. The number of nitrogens with zero attached hydrogens (tertiary/aromatic N) is 5. The Hall–Kier alpha value is -5.63. The SMILES string of the molecule is O=[N+]([O-])c1ccc(-c2cn([C@@H]3O[C@H](COCc4ccccc4)[C@@H](OCc4ccccc4)[C@H](OCc4ccccc4)[C@H]3OCc3ccccc3)nn2)nc1. The van der Waals surface area contributed by atoms with E-state index < -0.39 is 35.6 Å². The minimum atomic E-state index is -0.833. The Labute approximate surface area is 307 Å². The second kappa shape index (κ2) is 17.7. The van der Waals surface area contributed by atoms with Gasteiger partial charge in [-0.2, -0.15) is 0 Å². The highest BCUT2D eigenvalue weighted by atomic mass is 16.6. The van der Waals surface area contributed by atoms with Gasteiger partial charge in [-0.15, -0.1) is 5.10 Å². The van der Waals surface area contributed by atoms with Gasteiger partial charge < -0.3 is 23.7 Å². The van der Waals surface area contributed by atoms with Crippen molar-refractivity contribution in [1.82, 2.24) is 20.0 Å². The molecule has 0 bridgehead atoms. The maximum atomic E-state index is 11.2. The molecular weight excluding hydrogens is 674 g/mol. The van der Waals surface area contributed by atoms with E-state index in [4.69, 9.17) is 23.7 Å². The molecule has 1 aliphatic rings. The monoisotopic (exact) mass is 713 g/mol. The third-order valence-electron chi connectivity index (χ3n) is 8.85. The predicted molar refractivity (Wildman–Crippen MR) is 195 cm³/mol. The Bertz CT molecular complexity index is 2000. The summed E-state index contributed by atoms with van der Waals surface area (Å²) in [5.74, 6) is 0. The summed E-state index contributed by atoms with van der Waals surface area (Å²) in [7, 11) is 0. The molecule has 0 spiro atoms. The second-order valence-electron chi connectivity index (χ2n) is 12.6. The van der Waals surface area contributed by atoms with Crippen LogP contribution in [0, 0.1) is 10.1 Å². The van der Waals surface area contributed by atoms with Crippen LogP contribution in [0.2, 0.25) is 0 Å². The van der Waals surface area contributed by atoms with Crippen LogP contribution in [-0.2, 0) is 50.1 Å². The highest BCUT2D eigenvalue weighted by Gasteiger charge is 2.49. The third-order valence-corrected chi connectivity index (χ3v) is 8.85. The molecule has 270 valence electrons. The highest BCUT2D eigenvalue weighted by molar-refractivity contribution is 5.53. The molecule has 12 heteroatoms. The van der Waals surface area contributed by atoms with Gasteiger partial charge in [-0.05, 0) is 28.3 Å². The third kappa shape index (κ3) is 9.43. The van der Waals surface area contributed by atoms with E-state index in [9.17, 15) is 10.1 Å². The molecule has 7 rings (SSSR count). The van der Waals surface area contributed by atoms with E-state index in [-0.39, 0.29) is 18.9 Å². The van der Waals surface area contributed by atoms with Crippen LogP contribution in [0.1, 0.15) is 28.5 Å². The molecule has 1 saturated heterocycles. The molecule has 0 saturated carbocycles. The largest absolute Gasteiger partial charge is 0.374 e. The fourth-order valence-electron chi connectivity index (χ4n) is 6.14. The Balaban J connectivity index is 1.24. The highest BCUT2D eigenvalue weighted by Crippen LogP contribution is 2.36. The van der Waals surface area contributed by atoms with Crippen molar-refractivity contribution >= 4 is 5.69 Å². The van der Waals surface area contributed by atoms with Gasteiger partial charge in [-0.25, -0.2) is 9.67 Å². The molecule has 53 heavy (non-hydrogen) atoms. The summed E-state index contributed by atoms with van der Waals surface area (Å²) in [6.07, 6.45) is -0.568. The zero-order chi connectivity index (χ0) is 36.2. The maximum absolute atomic E-state index is 11.2. The van der Waals surface area contributed by atoms with Crippen molar-refractivity contribution in [2.45, 2.75) is 57.1 Å². The van der Waals surface area contributed by atoms with Gasteiger partial charge >= 0.3 is 0 Å². The lowest BCUT2D eigenvalue weighted by atomic mass is 9.97. The maximum Gasteiger partial charge on any atom is 0.287 e. The van der Waals surface area contributed by atoms with Crippen LogP contribution in [0.5, 0.6) is 0 Å². The number of pyridine rings is 1. The fourth-order valence-corrected chi connectivity index (χ4v) is 6.14. The molecule has 0 unspecified atom stereocenters. The van der Waals surface area contributed by atoms with Gasteiger partial charge in [-0.3, -0.25) is 10.1 Å². The number of rotatable bonds is 16. The van der Waals surface area contributed by atoms with Crippen LogP contribution in [0.4, 0.5) is 5.69 Å². The summed E-state index contributed by atoms with van der Waals surface area (Å²) in [6, 6.07) is 42.6. The molecule has 5 atom stereocenters. The Morgan fingerprint density at radius 2 is 1.13 bits per heavy atom. The van der Waals surface area contributed by atoms with Gasteiger partial charge in [-0.1, -0.05) is 127 Å². The fraction of sp³-hybridized carbons (Fsp3) is 0.244. The zero-order valence-electron chi connectivity index (χ0n) is 28.9. The van der Waals surface area contributed by atoms with Gasteiger partial charge in [0.2, 0.25) is 0 Å². The summed E-state index contributed by atoms with van der Waals surface area (Å²) < 4.78 is 35.1. The van der Waals surface area contributed by atoms with Crippen molar-refractivity contribution in [2.24, 2.45) is 0 Å². The molecule has 0 radical (unpaired) electrons. The van der Waals surface area contributed by atoms with Gasteiger partial charge in [0.15, 0.2) is 6.23 Å². The average molecular weight is 714 g/mol. The Morgan fingerprint density at radius 3 is 1.64 bits per heavy atom. The Kier molecular flexibility index (Phi) is 12.0. The number of nitro groups is 1. The standard InChI is InChI=1S/C41H39N5O7/c47-46(48)34-21-22-35(42-23-34)36-24-45(44-43-36)41-40(52-28-33-19-11-4-12-20-33)39(51-27-32-17-9-3-10-18-32)38(50-26-31-15-7-2-8-16-31)37(53-41)29-49-25-30-13-5-1-6-14-30/h1-24,37-41H,25-29H2/t37-,38-,39+,40-,41-/m1/s1. The van der Waals surface area contributed by atoms with E-state index in [0.29, 0.717) is 31.2 Å². The quantitative estimate of drug-likeness (QED) is 0.0754. The van der Waals surface area contributed by atoms with Crippen molar-refractivity contribution in [1.29, 1.82) is 0 Å². The number of hydrogen-bond acceptors (Lipinski definition) is 10. The Morgan fingerprint density at radius 1 is 0.623 bits per heavy atom. The average Bonchev–Trinajstić information content (AvgIpc) is 3.71. The topological polar surface area (TPSA) is 133 Å². The number of benzene rings is 4. The van der Waals surface area contributed by atoms with Crippen molar-refractivity contribution < 1.29 is 28.6 Å². The molecule has 4 aromatic carbocycles. The van der Waals surface area contributed by atoms with Crippen LogP contribution in [-0.4, -0.2) is 55.9 Å². The van der Waals surface area contributed by atoms with Gasteiger partial charge in [0.1, 0.15) is 36.3 Å². The van der Waals surface area contributed by atoms with Crippen molar-refractivity contribution in [2.75, 3.05) is 6.61 Å². The predicted octanol–water partition coefficient (Wildman–Crippen LogP) is 7.12. The number of hydrogen-bond donors (Lipinski definition) is 0. The summed E-state index contributed by atoms with van der Waals surface area (Å²) in [6.45, 7) is 1.43. The van der Waals surface area contributed by atoms with E-state index in [0.717, 1.165) is 22.3 Å². The molecule has 0 aliphatic carbocycles. The summed E-state index contributed by atoms with van der Waals surface area (Å²) in [4.78, 5) is 15.0. The summed E-state index contributed by atoms with van der Waals surface area (Å²) in [5.41, 5.74) is 4.69. The molecule has 3 heterocycles. The van der Waals surface area contributed by atoms with Crippen molar-refractivity contribution in [3.8, 4) is 11.4 Å². The first-order valence-electron chi connectivity index (χ1n) is 17.4. The van der Waals surface area contributed by atoms with E-state index in [1.54, 1.807) is 10.9 Å². The first-order valence-corrected chi connectivity index (χ1v) is 17.4. The van der Waals surface area contributed by atoms with E-state index >= 15 is 0 Å². The molecule has 0 amide bonds. The first-order chi connectivity index (χ1) is 26.1. The number of aromatic nitrogens is 4. The summed E-state index contributed by atoms with van der Waals surface area (Å²) >= 11 is 0. The van der Waals surface area contributed by atoms with Gasteiger partial charge in [0.05, 0.1) is 49.8 Å². The zero-order valence-corrected chi connectivity index (χ0v) is 28.9. The molecule has 1 aliphatic heterocycles. The van der Waals surface area contributed by atoms with Gasteiger partial charge in [0.25, 0.3) is 5.69 Å². The van der Waals surface area contributed by atoms with E-state index in [1.807, 2.05) is 121 Å². The van der Waals surface area contributed by atoms with Gasteiger partial charge in [0, 0.05) is 6.07 Å². The lowest BCUT2D eigenvalue weighted by Gasteiger charge is -2.46. The molecule has 6 aromatic rings. The van der Waals surface area contributed by atoms with Crippen LogP contribution < -0.4 is 0 Å². The van der Waals surface area contributed by atoms with Crippen LogP contribution in [0.3, 0.4) is 0 Å². The first kappa shape index (κ1) is 35.8. The van der Waals surface area contributed by atoms with E-state index in [1.165, 1.54) is 18.3 Å². The second-order valence-corrected chi connectivity index (χ2v) is 12.6. The molecule has 2 aromatic heterocycles. The summed E-state index contributed by atoms with van der Waals surface area (Å²) in [5, 5.41) is 20.1.